The molecule has 0 saturated carbocycles. The number of rotatable bonds is 15. The normalized spacial score (nSPS) is 21.3. The lowest BCUT2D eigenvalue weighted by Gasteiger charge is -2.31. The summed E-state index contributed by atoms with van der Waals surface area (Å²) in [5, 5.41) is 14.4. The van der Waals surface area contributed by atoms with Crippen LogP contribution in [0.1, 0.15) is 86.1 Å². The average Bonchev–Trinajstić information content (AvgIpc) is 3.98. The number of likely N-dealkylation sites (N-methyl/N-ethyl adjacent to an activating group) is 2. The van der Waals surface area contributed by atoms with Crippen molar-refractivity contribution in [2.75, 3.05) is 33.7 Å². The summed E-state index contributed by atoms with van der Waals surface area (Å²) >= 11 is 0. The number of fused-ring (bicyclic) bond motifs is 2. The number of aryl methyl sites for hydroxylation is 2. The maximum atomic E-state index is 14.1. The Balaban J connectivity index is 1.11. The quantitative estimate of drug-likeness (QED) is 0.135. The summed E-state index contributed by atoms with van der Waals surface area (Å²) in [6.45, 7) is 2.08. The zero-order valence-corrected chi connectivity index (χ0v) is 35.3. The van der Waals surface area contributed by atoms with E-state index in [2.05, 4.69) is 68.5 Å². The first kappa shape index (κ1) is 44.5. The lowest BCUT2D eigenvalue weighted by atomic mass is 9.79. The molecule has 2 aromatic rings. The minimum Gasteiger partial charge on any atom is -0.347 e. The summed E-state index contributed by atoms with van der Waals surface area (Å²) in [6.07, 6.45) is 12.8. The van der Waals surface area contributed by atoms with Crippen LogP contribution in [-0.4, -0.2) is 109 Å². The van der Waals surface area contributed by atoms with Crippen LogP contribution in [0.4, 0.5) is 0 Å². The van der Waals surface area contributed by atoms with Crippen LogP contribution in [0.2, 0.25) is 0 Å². The van der Waals surface area contributed by atoms with Crippen LogP contribution in [0.3, 0.4) is 0 Å². The molecule has 0 aromatic heterocycles. The number of carbonyl (C=O) groups excluding carboxylic acids is 6. The van der Waals surface area contributed by atoms with E-state index in [1.54, 1.807) is 45.3 Å². The highest BCUT2D eigenvalue weighted by atomic mass is 16.2. The summed E-state index contributed by atoms with van der Waals surface area (Å²) < 4.78 is 0. The molecule has 0 fully saturated rings. The fourth-order valence-corrected chi connectivity index (χ4v) is 8.63. The second-order valence-electron chi connectivity index (χ2n) is 16.1. The molecule has 0 radical (unpaired) electrons. The minimum atomic E-state index is -1.07. The average molecular weight is 828 g/mol. The molecule has 2 heterocycles. The molecule has 2 aromatic carbocycles. The Kier molecular flexibility index (Phi) is 15.7. The van der Waals surface area contributed by atoms with Gasteiger partial charge in [0.1, 0.15) is 24.2 Å². The Morgan fingerprint density at radius 1 is 0.738 bits per heavy atom. The van der Waals surface area contributed by atoms with Crippen molar-refractivity contribution < 1.29 is 28.8 Å². The first-order valence-corrected chi connectivity index (χ1v) is 21.4. The lowest BCUT2D eigenvalue weighted by Crippen LogP contribution is -2.55. The first-order valence-electron chi connectivity index (χ1n) is 21.4. The zero-order chi connectivity index (χ0) is 43.3. The first-order chi connectivity index (χ1) is 29.6. The summed E-state index contributed by atoms with van der Waals surface area (Å²) in [5.74, 6) is 9.31. The number of hydrogen-bond acceptors (Lipinski definition) is 8. The van der Waals surface area contributed by atoms with Gasteiger partial charge in [-0.15, -0.1) is 0 Å². The second kappa shape index (κ2) is 21.5. The van der Waals surface area contributed by atoms with E-state index in [9.17, 15) is 28.8 Å². The third-order valence-corrected chi connectivity index (χ3v) is 12.0. The third kappa shape index (κ3) is 11.2. The number of nitrogens with one attached hydrogen (secondary N) is 5. The molecule has 7 atom stereocenters. The van der Waals surface area contributed by atoms with Gasteiger partial charge in [0.25, 0.3) is 0 Å². The monoisotopic (exact) mass is 827 g/mol. The van der Waals surface area contributed by atoms with Gasteiger partial charge >= 0.3 is 0 Å². The maximum Gasteiger partial charge on any atom is 0.247 e. The largest absolute Gasteiger partial charge is 0.347 e. The fraction of sp³-hybridized carbons (Fsp3) is 0.458. The summed E-state index contributed by atoms with van der Waals surface area (Å²) in [5.41, 5.74) is 4.76. The molecular weight excluding hydrogens is 771 g/mol. The molecule has 0 spiro atoms. The number of amides is 5. The third-order valence-electron chi connectivity index (χ3n) is 12.0. The van der Waals surface area contributed by atoms with Crippen LogP contribution in [0.5, 0.6) is 0 Å². The van der Waals surface area contributed by atoms with E-state index in [4.69, 9.17) is 0 Å². The number of Topliss-reactive ketones (excluding diaryl/α,β-unsaturated/α-hetero) is 1. The number of carbonyl (C=O) groups is 6. The van der Waals surface area contributed by atoms with Gasteiger partial charge in [-0.3, -0.25) is 28.8 Å². The van der Waals surface area contributed by atoms with Gasteiger partial charge in [0, 0.05) is 32.4 Å². The zero-order valence-electron chi connectivity index (χ0n) is 35.3. The topological polar surface area (TPSA) is 169 Å². The molecule has 4 aliphatic rings. The summed E-state index contributed by atoms with van der Waals surface area (Å²) in [7, 11) is 3.26. The standard InChI is InChI=1S/C48H57N7O6/c1-32(50-3)45(58)53-40(48(61)55-29-15-27-42(55)46(59)52-38-25-13-19-34-17-9-11-22-37(34)38)24-7-5-4-6-23-39(51-44(57)31-49-2)47(60)54-28-14-26-41(54)43(56)30-35-20-12-18-33-16-8-10-21-36(33)35/h8-11,14-17,21-22,26-27,32,35,38-42,49-50H,12-13,18-20,23-25,28-31H2,1-3H3,(H,51,57)(H,52,59)(H,53,58)/t32-,35-,38+,39-,40-,41-,42-/m0/s1. The van der Waals surface area contributed by atoms with Crippen molar-refractivity contribution in [3.05, 3.63) is 95.1 Å². The highest BCUT2D eigenvalue weighted by molar-refractivity contribution is 5.96. The molecule has 2 aliphatic carbocycles. The molecule has 0 unspecified atom stereocenters. The Bertz CT molecular complexity index is 2160. The van der Waals surface area contributed by atoms with Gasteiger partial charge < -0.3 is 36.4 Å². The van der Waals surface area contributed by atoms with Gasteiger partial charge in [-0.25, -0.2) is 0 Å². The van der Waals surface area contributed by atoms with Gasteiger partial charge in [0.15, 0.2) is 5.78 Å². The molecule has 13 heteroatoms. The Labute approximate surface area is 358 Å². The van der Waals surface area contributed by atoms with Crippen molar-refractivity contribution in [3.8, 4) is 23.7 Å². The van der Waals surface area contributed by atoms with Crippen LogP contribution in [0.25, 0.3) is 0 Å². The Morgan fingerprint density at radius 3 is 1.97 bits per heavy atom. The van der Waals surface area contributed by atoms with Crippen molar-refractivity contribution in [1.82, 2.24) is 36.4 Å². The maximum absolute atomic E-state index is 14.1. The molecule has 5 amide bonds. The fourth-order valence-electron chi connectivity index (χ4n) is 8.63. The molecule has 2 aliphatic heterocycles. The van der Waals surface area contributed by atoms with Crippen molar-refractivity contribution in [2.24, 2.45) is 0 Å². The summed E-state index contributed by atoms with van der Waals surface area (Å²) in [4.78, 5) is 84.1. The molecule has 0 bridgehead atoms. The predicted molar refractivity (Wildman–Crippen MR) is 232 cm³/mol. The molecule has 61 heavy (non-hydrogen) atoms. The van der Waals surface area contributed by atoms with Crippen LogP contribution < -0.4 is 26.6 Å². The van der Waals surface area contributed by atoms with Crippen LogP contribution in [-0.2, 0) is 41.6 Å². The Morgan fingerprint density at radius 2 is 1.31 bits per heavy atom. The Hall–Kier alpha value is -6.02. The van der Waals surface area contributed by atoms with Gasteiger partial charge in [0.05, 0.1) is 18.6 Å². The van der Waals surface area contributed by atoms with E-state index >= 15 is 0 Å². The van der Waals surface area contributed by atoms with E-state index < -0.39 is 53.8 Å². The summed E-state index contributed by atoms with van der Waals surface area (Å²) in [6, 6.07) is 11.8. The smallest absolute Gasteiger partial charge is 0.247 e. The predicted octanol–water partition coefficient (Wildman–Crippen LogP) is 2.38. The number of nitrogens with zero attached hydrogens (tertiary/aromatic N) is 2. The molecular formula is C48H57N7O6. The van der Waals surface area contributed by atoms with Gasteiger partial charge in [-0.1, -0.05) is 84.7 Å². The van der Waals surface area contributed by atoms with Gasteiger partial charge in [0.2, 0.25) is 29.5 Å². The number of benzene rings is 2. The highest BCUT2D eigenvalue weighted by Crippen LogP contribution is 2.35. The van der Waals surface area contributed by atoms with Crippen LogP contribution in [0, 0.1) is 23.7 Å². The highest BCUT2D eigenvalue weighted by Gasteiger charge is 2.38. The van der Waals surface area contributed by atoms with Crippen molar-refractivity contribution in [1.29, 1.82) is 0 Å². The minimum absolute atomic E-state index is 0.0182. The van der Waals surface area contributed by atoms with Gasteiger partial charge in [-0.2, -0.15) is 0 Å². The van der Waals surface area contributed by atoms with E-state index in [1.165, 1.54) is 26.5 Å². The molecule has 0 saturated heterocycles. The van der Waals surface area contributed by atoms with Crippen molar-refractivity contribution >= 4 is 35.3 Å². The number of hydrogen-bond donors (Lipinski definition) is 5. The van der Waals surface area contributed by atoms with Crippen molar-refractivity contribution in [2.45, 2.75) is 107 Å². The van der Waals surface area contributed by atoms with Gasteiger partial charge in [-0.05, 0) is 99.6 Å². The second-order valence-corrected chi connectivity index (χ2v) is 16.1. The lowest BCUT2D eigenvalue weighted by molar-refractivity contribution is -0.141. The molecule has 5 N–H and O–H groups in total. The van der Waals surface area contributed by atoms with E-state index in [-0.39, 0.29) is 56.1 Å². The molecule has 320 valence electrons. The molecule has 13 nitrogen and oxygen atoms in total. The SMILES string of the molecule is CNCC(=O)N[C@@H](CC#CC#CC[C@H](NC(=O)[C@H](C)NC)C(=O)N1CC=C[C@H]1C(=O)N[C@@H]1CCCc2ccccc21)C(=O)N1CC=C[C@H]1C(=O)C[C@@H]1CCCc2ccccc21. The van der Waals surface area contributed by atoms with Crippen molar-refractivity contribution in [3.63, 3.8) is 0 Å². The van der Waals surface area contributed by atoms with E-state index in [0.717, 1.165) is 44.1 Å². The molecule has 6 rings (SSSR count). The number of ketones is 1. The van der Waals surface area contributed by atoms with Crippen LogP contribution in [0.15, 0.2) is 72.8 Å². The van der Waals surface area contributed by atoms with Crippen LogP contribution >= 0.6 is 0 Å². The van der Waals surface area contributed by atoms with E-state index in [1.807, 2.05) is 30.3 Å². The van der Waals surface area contributed by atoms with E-state index in [0.29, 0.717) is 6.42 Å².